The van der Waals surface area contributed by atoms with Gasteiger partial charge in [0.05, 0.1) is 0 Å². The van der Waals surface area contributed by atoms with Crippen molar-refractivity contribution in [2.24, 2.45) is 5.92 Å². The Labute approximate surface area is 138 Å². The molecule has 2 rings (SSSR count). The topological polar surface area (TPSA) is 61.4 Å². The summed E-state index contributed by atoms with van der Waals surface area (Å²) in [6.07, 6.45) is 6.74. The predicted octanol–water partition coefficient (Wildman–Crippen LogP) is 4.08. The SMILES string of the molecule is CCC(=O)Nc1cccc(NC(=O)N(C)CC2CCCCC2)c1. The Morgan fingerprint density at radius 1 is 1.13 bits per heavy atom. The molecule has 0 heterocycles. The first kappa shape index (κ1) is 17.3. The molecule has 23 heavy (non-hydrogen) atoms. The quantitative estimate of drug-likeness (QED) is 0.859. The molecule has 5 nitrogen and oxygen atoms in total. The van der Waals surface area contributed by atoms with Crippen LogP contribution in [0, 0.1) is 5.92 Å². The lowest BCUT2D eigenvalue weighted by Crippen LogP contribution is -2.35. The fraction of sp³-hybridized carbons (Fsp3) is 0.556. The monoisotopic (exact) mass is 317 g/mol. The van der Waals surface area contributed by atoms with Crippen LogP contribution in [0.15, 0.2) is 24.3 Å². The maximum Gasteiger partial charge on any atom is 0.321 e. The van der Waals surface area contributed by atoms with Crippen LogP contribution in [0.3, 0.4) is 0 Å². The molecule has 1 aromatic carbocycles. The summed E-state index contributed by atoms with van der Waals surface area (Å²) in [5.74, 6) is 0.581. The highest BCUT2D eigenvalue weighted by Gasteiger charge is 2.18. The van der Waals surface area contributed by atoms with E-state index in [0.717, 1.165) is 6.54 Å². The van der Waals surface area contributed by atoms with Crippen molar-refractivity contribution in [2.75, 3.05) is 24.2 Å². The minimum atomic E-state index is -0.102. The van der Waals surface area contributed by atoms with Crippen molar-refractivity contribution >= 4 is 23.3 Å². The first-order chi connectivity index (χ1) is 11.1. The van der Waals surface area contributed by atoms with Crippen LogP contribution in [0.5, 0.6) is 0 Å². The largest absolute Gasteiger partial charge is 0.327 e. The summed E-state index contributed by atoms with van der Waals surface area (Å²) in [6.45, 7) is 2.61. The number of urea groups is 1. The average Bonchev–Trinajstić information content (AvgIpc) is 2.56. The number of anilines is 2. The highest BCUT2D eigenvalue weighted by Crippen LogP contribution is 2.24. The van der Waals surface area contributed by atoms with E-state index < -0.39 is 0 Å². The zero-order chi connectivity index (χ0) is 16.7. The molecule has 3 amide bonds. The van der Waals surface area contributed by atoms with Crippen molar-refractivity contribution in [3.8, 4) is 0 Å². The van der Waals surface area contributed by atoms with Crippen LogP contribution in [-0.2, 0) is 4.79 Å². The van der Waals surface area contributed by atoms with Crippen molar-refractivity contribution in [1.82, 2.24) is 4.90 Å². The number of rotatable bonds is 5. The summed E-state index contributed by atoms with van der Waals surface area (Å²) in [5.41, 5.74) is 1.39. The molecule has 5 heteroatoms. The minimum Gasteiger partial charge on any atom is -0.327 e. The maximum atomic E-state index is 12.3. The molecular formula is C18H27N3O2. The first-order valence-electron chi connectivity index (χ1n) is 8.50. The Bertz CT molecular complexity index is 539. The highest BCUT2D eigenvalue weighted by atomic mass is 16.2. The average molecular weight is 317 g/mol. The summed E-state index contributed by atoms with van der Waals surface area (Å²) in [6, 6.07) is 7.14. The molecular weight excluding hydrogens is 290 g/mol. The third-order valence-electron chi connectivity index (χ3n) is 4.32. The number of amides is 3. The van der Waals surface area contributed by atoms with E-state index in [1.54, 1.807) is 17.9 Å². The van der Waals surface area contributed by atoms with Gasteiger partial charge in [-0.25, -0.2) is 4.79 Å². The second-order valence-electron chi connectivity index (χ2n) is 6.30. The van der Waals surface area contributed by atoms with Crippen LogP contribution in [-0.4, -0.2) is 30.4 Å². The van der Waals surface area contributed by atoms with Gasteiger partial charge >= 0.3 is 6.03 Å². The van der Waals surface area contributed by atoms with Crippen molar-refractivity contribution in [1.29, 1.82) is 0 Å². The van der Waals surface area contributed by atoms with Gasteiger partial charge in [-0.3, -0.25) is 4.79 Å². The summed E-state index contributed by atoms with van der Waals surface area (Å²) < 4.78 is 0. The Balaban J connectivity index is 1.88. The van der Waals surface area contributed by atoms with E-state index in [0.29, 0.717) is 23.7 Å². The van der Waals surface area contributed by atoms with E-state index in [9.17, 15) is 9.59 Å². The van der Waals surface area contributed by atoms with Gasteiger partial charge < -0.3 is 15.5 Å². The molecule has 0 saturated heterocycles. The smallest absolute Gasteiger partial charge is 0.321 e. The molecule has 1 aliphatic rings. The summed E-state index contributed by atoms with van der Waals surface area (Å²) in [4.78, 5) is 25.5. The highest BCUT2D eigenvalue weighted by molar-refractivity contribution is 5.93. The van der Waals surface area contributed by atoms with E-state index in [1.165, 1.54) is 32.1 Å². The lowest BCUT2D eigenvalue weighted by Gasteiger charge is -2.27. The number of hydrogen-bond donors (Lipinski definition) is 2. The van der Waals surface area contributed by atoms with E-state index >= 15 is 0 Å². The van der Waals surface area contributed by atoms with Gasteiger partial charge in [0.2, 0.25) is 5.91 Å². The lowest BCUT2D eigenvalue weighted by molar-refractivity contribution is -0.115. The molecule has 0 aromatic heterocycles. The van der Waals surface area contributed by atoms with Gasteiger partial charge in [-0.15, -0.1) is 0 Å². The van der Waals surface area contributed by atoms with Crippen molar-refractivity contribution in [3.63, 3.8) is 0 Å². The van der Waals surface area contributed by atoms with Crippen LogP contribution < -0.4 is 10.6 Å². The second kappa shape index (κ2) is 8.56. The molecule has 0 unspecified atom stereocenters. The van der Waals surface area contributed by atoms with E-state index in [4.69, 9.17) is 0 Å². The second-order valence-corrected chi connectivity index (χ2v) is 6.30. The molecule has 0 aliphatic heterocycles. The van der Waals surface area contributed by atoms with E-state index in [2.05, 4.69) is 10.6 Å². The normalized spacial score (nSPS) is 15.0. The number of benzene rings is 1. The lowest BCUT2D eigenvalue weighted by atomic mass is 9.89. The first-order valence-corrected chi connectivity index (χ1v) is 8.50. The fourth-order valence-corrected chi connectivity index (χ4v) is 2.98. The molecule has 1 aromatic rings. The van der Waals surface area contributed by atoms with Gasteiger partial charge in [-0.1, -0.05) is 32.3 Å². The molecule has 0 bridgehead atoms. The number of hydrogen-bond acceptors (Lipinski definition) is 2. The molecule has 0 spiro atoms. The van der Waals surface area contributed by atoms with E-state index in [1.807, 2.05) is 25.2 Å². The standard InChI is InChI=1S/C18H27N3O2/c1-3-17(22)19-15-10-7-11-16(12-15)20-18(23)21(2)13-14-8-5-4-6-9-14/h7,10-12,14H,3-6,8-9,13H2,1-2H3,(H,19,22)(H,20,23). The Morgan fingerprint density at radius 3 is 2.43 bits per heavy atom. The summed E-state index contributed by atoms with van der Waals surface area (Å²) >= 11 is 0. The Morgan fingerprint density at radius 2 is 1.78 bits per heavy atom. The fourth-order valence-electron chi connectivity index (χ4n) is 2.98. The van der Waals surface area contributed by atoms with Gasteiger partial charge in [-0.2, -0.15) is 0 Å². The maximum absolute atomic E-state index is 12.3. The third-order valence-corrected chi connectivity index (χ3v) is 4.32. The van der Waals surface area contributed by atoms with Crippen LogP contribution >= 0.6 is 0 Å². The minimum absolute atomic E-state index is 0.0390. The Kier molecular flexibility index (Phi) is 6.44. The van der Waals surface area contributed by atoms with Gasteiger partial charge in [0.1, 0.15) is 0 Å². The molecule has 126 valence electrons. The van der Waals surface area contributed by atoms with Crippen LogP contribution in [0.25, 0.3) is 0 Å². The third kappa shape index (κ3) is 5.58. The number of nitrogens with zero attached hydrogens (tertiary/aromatic N) is 1. The zero-order valence-corrected chi connectivity index (χ0v) is 14.1. The van der Waals surface area contributed by atoms with Crippen molar-refractivity contribution in [2.45, 2.75) is 45.4 Å². The van der Waals surface area contributed by atoms with Crippen LogP contribution in [0.2, 0.25) is 0 Å². The number of carbonyl (C=O) groups is 2. The van der Waals surface area contributed by atoms with Gasteiger partial charge in [-0.05, 0) is 37.0 Å². The van der Waals surface area contributed by atoms with E-state index in [-0.39, 0.29) is 11.9 Å². The van der Waals surface area contributed by atoms with Gasteiger partial charge in [0.15, 0.2) is 0 Å². The Hall–Kier alpha value is -2.04. The zero-order valence-electron chi connectivity index (χ0n) is 14.1. The molecule has 1 aliphatic carbocycles. The number of carbonyl (C=O) groups excluding carboxylic acids is 2. The molecule has 1 fully saturated rings. The predicted molar refractivity (Wildman–Crippen MR) is 93.6 cm³/mol. The molecule has 1 saturated carbocycles. The summed E-state index contributed by atoms with van der Waals surface area (Å²) in [7, 11) is 1.84. The summed E-state index contributed by atoms with van der Waals surface area (Å²) in [5, 5.41) is 5.69. The molecule has 0 radical (unpaired) electrons. The molecule has 2 N–H and O–H groups in total. The number of nitrogens with one attached hydrogen (secondary N) is 2. The molecule has 0 atom stereocenters. The van der Waals surface area contributed by atoms with Gasteiger partial charge in [0, 0.05) is 31.4 Å². The van der Waals surface area contributed by atoms with Crippen LogP contribution in [0.4, 0.5) is 16.2 Å². The van der Waals surface area contributed by atoms with Crippen molar-refractivity contribution < 1.29 is 9.59 Å². The van der Waals surface area contributed by atoms with Gasteiger partial charge in [0.25, 0.3) is 0 Å². The van der Waals surface area contributed by atoms with Crippen LogP contribution in [0.1, 0.15) is 45.4 Å². The van der Waals surface area contributed by atoms with Crippen molar-refractivity contribution in [3.05, 3.63) is 24.3 Å².